The van der Waals surface area contributed by atoms with Crippen molar-refractivity contribution in [2.24, 2.45) is 0 Å². The topological polar surface area (TPSA) is 9.23 Å². The molecule has 3 aliphatic carbocycles. The normalized spacial score (nSPS) is 14.7. The summed E-state index contributed by atoms with van der Waals surface area (Å²) in [5.74, 6) is 0.946. The standard InChI is InChI=1S/C77H66O/c1-8-9-10-17-42-78-56-35-28-49(29-36-56)48-24-26-50(27-25-48)51-30-37-59-60-38-31-52(44-69(60)76(4,5)68(59)43-51)53-32-39-61-62-41-34-55(47-72(62)77(6,7)70(61)45-53)74-65-21-13-11-19-63(65)73(64-20-12-14-22-66(64)74)54-33-40-58-57-18-15-16-23-67(57)75(2,3)71(58)46-54/h11-16,18-41,43-47H,8-10,17,42H2,1-7H3. The molecule has 380 valence electrons. The minimum absolute atomic E-state index is 0.0763. The molecule has 11 aromatic rings. The van der Waals surface area contributed by atoms with Crippen molar-refractivity contribution >= 4 is 21.5 Å². The Morgan fingerprint density at radius 1 is 0.282 bits per heavy atom. The van der Waals surface area contributed by atoms with E-state index >= 15 is 0 Å². The third-order valence-corrected chi connectivity index (χ3v) is 18.5. The first kappa shape index (κ1) is 48.1. The second kappa shape index (κ2) is 18.2. The van der Waals surface area contributed by atoms with Crippen LogP contribution in [0.3, 0.4) is 0 Å². The fourth-order valence-corrected chi connectivity index (χ4v) is 14.1. The van der Waals surface area contributed by atoms with Crippen LogP contribution in [-0.2, 0) is 16.2 Å². The Labute approximate surface area is 461 Å². The van der Waals surface area contributed by atoms with Crippen LogP contribution < -0.4 is 4.74 Å². The van der Waals surface area contributed by atoms with Crippen LogP contribution in [0.15, 0.2) is 212 Å². The summed E-state index contributed by atoms with van der Waals surface area (Å²) in [4.78, 5) is 0. The van der Waals surface area contributed by atoms with Gasteiger partial charge in [-0.15, -0.1) is 0 Å². The van der Waals surface area contributed by atoms with E-state index in [1.807, 2.05) is 0 Å². The number of unbranched alkanes of at least 4 members (excludes halogenated alkanes) is 3. The van der Waals surface area contributed by atoms with Gasteiger partial charge in [-0.05, 0) is 193 Å². The third kappa shape index (κ3) is 7.49. The summed E-state index contributed by atoms with van der Waals surface area (Å²) in [6.07, 6.45) is 4.85. The fraction of sp³-hybridized carbons (Fsp3) is 0.195. The lowest BCUT2D eigenvalue weighted by molar-refractivity contribution is 0.305. The molecule has 14 rings (SSSR count). The Kier molecular flexibility index (Phi) is 11.2. The van der Waals surface area contributed by atoms with Gasteiger partial charge in [0, 0.05) is 16.2 Å². The highest BCUT2D eigenvalue weighted by Crippen LogP contribution is 2.55. The van der Waals surface area contributed by atoms with Gasteiger partial charge in [0.05, 0.1) is 6.61 Å². The van der Waals surface area contributed by atoms with Gasteiger partial charge >= 0.3 is 0 Å². The van der Waals surface area contributed by atoms with Crippen molar-refractivity contribution in [2.75, 3.05) is 6.61 Å². The van der Waals surface area contributed by atoms with Crippen LogP contribution in [0.25, 0.3) is 111 Å². The molecule has 0 N–H and O–H groups in total. The number of hydrogen-bond donors (Lipinski definition) is 0. The summed E-state index contributed by atoms with van der Waals surface area (Å²) < 4.78 is 6.02. The summed E-state index contributed by atoms with van der Waals surface area (Å²) in [5, 5.41) is 5.15. The van der Waals surface area contributed by atoms with E-state index < -0.39 is 0 Å². The lowest BCUT2D eigenvalue weighted by atomic mass is 9.79. The van der Waals surface area contributed by atoms with Gasteiger partial charge in [-0.3, -0.25) is 0 Å². The van der Waals surface area contributed by atoms with E-state index in [1.54, 1.807) is 0 Å². The largest absolute Gasteiger partial charge is 0.494 e. The Morgan fingerprint density at radius 3 is 1.01 bits per heavy atom. The minimum Gasteiger partial charge on any atom is -0.494 e. The molecule has 0 unspecified atom stereocenters. The molecule has 0 saturated carbocycles. The minimum atomic E-state index is -0.204. The molecule has 0 aliphatic heterocycles. The van der Waals surface area contributed by atoms with Gasteiger partial charge in [-0.1, -0.05) is 238 Å². The molecule has 0 aromatic heterocycles. The number of fused-ring (bicyclic) bond motifs is 11. The first-order valence-electron chi connectivity index (χ1n) is 28.5. The molecule has 0 amide bonds. The molecular weight excluding hydrogens is 941 g/mol. The zero-order valence-electron chi connectivity index (χ0n) is 46.2. The van der Waals surface area contributed by atoms with E-state index in [1.165, 1.54) is 163 Å². The molecular formula is C77H66O. The highest BCUT2D eigenvalue weighted by molar-refractivity contribution is 6.21. The number of hydrogen-bond acceptors (Lipinski definition) is 1. The SMILES string of the molecule is CCCCCCOc1ccc(-c2ccc(-c3ccc4c(c3)C(C)(C)c3cc(-c5ccc6c(c5)C(C)(C)c5cc(-c7c8ccccc8c(-c8ccc9c(c8)C(C)(C)c8ccccc8-9)c8ccccc78)ccc5-6)ccc3-4)cc2)cc1. The quantitative estimate of drug-likeness (QED) is 0.0927. The Bertz CT molecular complexity index is 4160. The zero-order chi connectivity index (χ0) is 53.1. The maximum Gasteiger partial charge on any atom is 0.119 e. The van der Waals surface area contributed by atoms with Crippen molar-refractivity contribution < 1.29 is 4.74 Å². The lowest BCUT2D eigenvalue weighted by Crippen LogP contribution is -2.15. The van der Waals surface area contributed by atoms with E-state index in [0.29, 0.717) is 0 Å². The highest BCUT2D eigenvalue weighted by atomic mass is 16.5. The van der Waals surface area contributed by atoms with Crippen molar-refractivity contribution in [3.63, 3.8) is 0 Å². The van der Waals surface area contributed by atoms with Crippen molar-refractivity contribution in [3.05, 3.63) is 246 Å². The molecule has 0 saturated heterocycles. The van der Waals surface area contributed by atoms with E-state index in [2.05, 4.69) is 261 Å². The van der Waals surface area contributed by atoms with E-state index in [4.69, 9.17) is 4.74 Å². The third-order valence-electron chi connectivity index (χ3n) is 18.5. The summed E-state index contributed by atoms with van der Waals surface area (Å²) in [6.45, 7) is 17.4. The van der Waals surface area contributed by atoms with Gasteiger partial charge in [0.1, 0.15) is 5.75 Å². The highest BCUT2D eigenvalue weighted by Gasteiger charge is 2.39. The summed E-state index contributed by atoms with van der Waals surface area (Å²) >= 11 is 0. The van der Waals surface area contributed by atoms with Gasteiger partial charge in [-0.2, -0.15) is 0 Å². The molecule has 3 aliphatic rings. The smallest absolute Gasteiger partial charge is 0.119 e. The summed E-state index contributed by atoms with van der Waals surface area (Å²) in [5.41, 5.74) is 28.5. The van der Waals surface area contributed by atoms with Crippen molar-refractivity contribution in [2.45, 2.75) is 90.4 Å². The number of benzene rings is 11. The molecule has 11 aromatic carbocycles. The van der Waals surface area contributed by atoms with Gasteiger partial charge < -0.3 is 4.74 Å². The molecule has 0 spiro atoms. The first-order chi connectivity index (χ1) is 37.9. The van der Waals surface area contributed by atoms with Gasteiger partial charge in [0.25, 0.3) is 0 Å². The van der Waals surface area contributed by atoms with Gasteiger partial charge in [0.2, 0.25) is 0 Å². The fourth-order valence-electron chi connectivity index (χ4n) is 14.1. The lowest BCUT2D eigenvalue weighted by Gasteiger charge is -2.24. The summed E-state index contributed by atoms with van der Waals surface area (Å²) in [6, 6.07) is 80.8. The van der Waals surface area contributed by atoms with Crippen LogP contribution >= 0.6 is 0 Å². The molecule has 0 atom stereocenters. The predicted octanol–water partition coefficient (Wildman–Crippen LogP) is 21.2. The molecule has 0 bridgehead atoms. The Hall–Kier alpha value is -8.26. The van der Waals surface area contributed by atoms with E-state index in [9.17, 15) is 0 Å². The van der Waals surface area contributed by atoms with Crippen LogP contribution in [0.2, 0.25) is 0 Å². The second-order valence-electron chi connectivity index (χ2n) is 24.1. The molecule has 78 heavy (non-hydrogen) atoms. The maximum absolute atomic E-state index is 6.02. The molecule has 0 fully saturated rings. The monoisotopic (exact) mass is 1010 g/mol. The zero-order valence-corrected chi connectivity index (χ0v) is 46.2. The van der Waals surface area contributed by atoms with E-state index in [0.717, 1.165) is 18.8 Å². The van der Waals surface area contributed by atoms with Crippen LogP contribution in [-0.4, -0.2) is 6.61 Å². The molecule has 0 radical (unpaired) electrons. The Balaban J connectivity index is 0.755. The second-order valence-corrected chi connectivity index (χ2v) is 24.1. The number of rotatable bonds is 11. The average Bonchev–Trinajstić information content (AvgIpc) is 4.10. The van der Waals surface area contributed by atoms with Crippen molar-refractivity contribution in [3.8, 4) is 94.8 Å². The first-order valence-corrected chi connectivity index (χ1v) is 28.5. The van der Waals surface area contributed by atoms with Crippen LogP contribution in [0.4, 0.5) is 0 Å². The predicted molar refractivity (Wildman–Crippen MR) is 331 cm³/mol. The average molecular weight is 1010 g/mol. The van der Waals surface area contributed by atoms with Crippen molar-refractivity contribution in [1.29, 1.82) is 0 Å². The molecule has 1 heteroatoms. The molecule has 1 nitrogen and oxygen atoms in total. The van der Waals surface area contributed by atoms with Gasteiger partial charge in [0.15, 0.2) is 0 Å². The summed E-state index contributed by atoms with van der Waals surface area (Å²) in [7, 11) is 0. The van der Waals surface area contributed by atoms with E-state index in [-0.39, 0.29) is 16.2 Å². The van der Waals surface area contributed by atoms with Crippen LogP contribution in [0.1, 0.15) is 108 Å². The molecule has 0 heterocycles. The van der Waals surface area contributed by atoms with Crippen LogP contribution in [0.5, 0.6) is 5.75 Å². The Morgan fingerprint density at radius 2 is 0.590 bits per heavy atom. The van der Waals surface area contributed by atoms with Gasteiger partial charge in [-0.25, -0.2) is 0 Å². The van der Waals surface area contributed by atoms with Crippen molar-refractivity contribution in [1.82, 2.24) is 0 Å². The maximum atomic E-state index is 6.02. The van der Waals surface area contributed by atoms with Crippen LogP contribution in [0, 0.1) is 0 Å². The number of ether oxygens (including phenoxy) is 1.